The first-order chi connectivity index (χ1) is 16.6. The van der Waals surface area contributed by atoms with Crippen LogP contribution in [0.1, 0.15) is 41.5 Å². The second-order valence-electron chi connectivity index (χ2n) is 8.78. The Balaban J connectivity index is 1.46. The van der Waals surface area contributed by atoms with Crippen LogP contribution in [0.3, 0.4) is 0 Å². The molecule has 0 amide bonds. The molecule has 0 saturated carbocycles. The molecule has 0 aliphatic carbocycles. The molecular weight excluding hydrogens is 424 g/mol. The van der Waals surface area contributed by atoms with Crippen LogP contribution in [0.15, 0.2) is 59.7 Å². The fraction of sp³-hybridized carbons (Fsp3) is 0.357. The third kappa shape index (κ3) is 6.50. The Kier molecular flexibility index (Phi) is 8.02. The molecule has 1 fully saturated rings. The van der Waals surface area contributed by atoms with Crippen molar-refractivity contribution in [3.05, 3.63) is 76.9 Å². The molecule has 0 radical (unpaired) electrons. The van der Waals surface area contributed by atoms with E-state index in [-0.39, 0.29) is 0 Å². The molecule has 0 bridgehead atoms. The number of pyridine rings is 1. The number of ether oxygens (including phenoxy) is 2. The molecule has 2 heterocycles. The SMILES string of the molecule is COc1cc(CCOc2cc(N3CCCCC3)cc(N/N=C/c3cccc(C)c3)n2)ccc1C. The average Bonchev–Trinajstić information content (AvgIpc) is 2.85. The Labute approximate surface area is 202 Å². The van der Waals surface area contributed by atoms with Crippen LogP contribution in [0.2, 0.25) is 0 Å². The highest BCUT2D eigenvalue weighted by Crippen LogP contribution is 2.27. The van der Waals surface area contributed by atoms with E-state index in [1.54, 1.807) is 7.11 Å². The van der Waals surface area contributed by atoms with E-state index in [1.165, 1.54) is 30.4 Å². The number of hydrogen-bond donors (Lipinski definition) is 1. The molecule has 0 spiro atoms. The minimum absolute atomic E-state index is 0.536. The van der Waals surface area contributed by atoms with Crippen LogP contribution < -0.4 is 19.8 Å². The van der Waals surface area contributed by atoms with Crippen LogP contribution in [0.5, 0.6) is 11.6 Å². The van der Waals surface area contributed by atoms with E-state index in [2.05, 4.69) is 63.7 Å². The van der Waals surface area contributed by atoms with E-state index in [4.69, 9.17) is 9.47 Å². The van der Waals surface area contributed by atoms with Gasteiger partial charge in [0.15, 0.2) is 5.82 Å². The van der Waals surface area contributed by atoms with Gasteiger partial charge >= 0.3 is 0 Å². The highest BCUT2D eigenvalue weighted by atomic mass is 16.5. The van der Waals surface area contributed by atoms with Crippen molar-refractivity contribution in [2.75, 3.05) is 37.1 Å². The van der Waals surface area contributed by atoms with E-state index in [0.29, 0.717) is 18.3 Å². The topological polar surface area (TPSA) is 59.0 Å². The fourth-order valence-corrected chi connectivity index (χ4v) is 4.17. The number of methoxy groups -OCH3 is 1. The summed E-state index contributed by atoms with van der Waals surface area (Å²) >= 11 is 0. The number of benzene rings is 2. The second kappa shape index (κ2) is 11.5. The van der Waals surface area contributed by atoms with Gasteiger partial charge in [0, 0.05) is 37.3 Å². The summed E-state index contributed by atoms with van der Waals surface area (Å²) in [4.78, 5) is 7.06. The quantitative estimate of drug-likeness (QED) is 0.326. The summed E-state index contributed by atoms with van der Waals surface area (Å²) in [7, 11) is 1.70. The van der Waals surface area contributed by atoms with E-state index in [1.807, 2.05) is 31.3 Å². The van der Waals surface area contributed by atoms with Crippen molar-refractivity contribution in [1.82, 2.24) is 4.98 Å². The van der Waals surface area contributed by atoms with Gasteiger partial charge < -0.3 is 14.4 Å². The maximum atomic E-state index is 6.10. The van der Waals surface area contributed by atoms with Crippen molar-refractivity contribution in [2.45, 2.75) is 39.5 Å². The van der Waals surface area contributed by atoms with Crippen LogP contribution in [0.4, 0.5) is 11.5 Å². The molecular formula is C28H34N4O2. The first-order valence-electron chi connectivity index (χ1n) is 12.0. The molecule has 3 aromatic rings. The maximum absolute atomic E-state index is 6.10. The molecule has 6 nitrogen and oxygen atoms in total. The number of nitrogens with zero attached hydrogens (tertiary/aromatic N) is 3. The summed E-state index contributed by atoms with van der Waals surface area (Å²) in [6.07, 6.45) is 6.30. The van der Waals surface area contributed by atoms with Crippen LogP contribution in [-0.2, 0) is 6.42 Å². The van der Waals surface area contributed by atoms with Crippen molar-refractivity contribution in [2.24, 2.45) is 5.10 Å². The lowest BCUT2D eigenvalue weighted by atomic mass is 10.1. The first kappa shape index (κ1) is 23.6. The molecule has 34 heavy (non-hydrogen) atoms. The molecule has 1 N–H and O–H groups in total. The van der Waals surface area contributed by atoms with Gasteiger partial charge in [-0.15, -0.1) is 0 Å². The smallest absolute Gasteiger partial charge is 0.217 e. The van der Waals surface area contributed by atoms with Gasteiger partial charge in [-0.3, -0.25) is 5.43 Å². The van der Waals surface area contributed by atoms with Gasteiger partial charge in [0.2, 0.25) is 5.88 Å². The molecule has 1 saturated heterocycles. The third-order valence-electron chi connectivity index (χ3n) is 6.06. The summed E-state index contributed by atoms with van der Waals surface area (Å²) in [5.74, 6) is 2.19. The van der Waals surface area contributed by atoms with Crippen molar-refractivity contribution in [3.8, 4) is 11.6 Å². The van der Waals surface area contributed by atoms with E-state index in [9.17, 15) is 0 Å². The second-order valence-corrected chi connectivity index (χ2v) is 8.78. The van der Waals surface area contributed by atoms with Crippen molar-refractivity contribution < 1.29 is 9.47 Å². The Morgan fingerprint density at radius 3 is 2.68 bits per heavy atom. The van der Waals surface area contributed by atoms with Crippen molar-refractivity contribution in [3.63, 3.8) is 0 Å². The van der Waals surface area contributed by atoms with Crippen molar-refractivity contribution >= 4 is 17.7 Å². The zero-order chi connectivity index (χ0) is 23.8. The summed E-state index contributed by atoms with van der Waals surface area (Å²) < 4.78 is 11.5. The van der Waals surface area contributed by atoms with Gasteiger partial charge in [0.05, 0.1) is 19.9 Å². The predicted octanol–water partition coefficient (Wildman–Crippen LogP) is 5.76. The molecule has 0 unspecified atom stereocenters. The van der Waals surface area contributed by atoms with Crippen LogP contribution in [0.25, 0.3) is 0 Å². The molecule has 178 valence electrons. The van der Waals surface area contributed by atoms with E-state index >= 15 is 0 Å². The fourth-order valence-electron chi connectivity index (χ4n) is 4.17. The largest absolute Gasteiger partial charge is 0.496 e. The standard InChI is InChI=1S/C28H34N4O2/c1-21-8-7-9-24(16-21)20-29-31-27-18-25(32-13-5-4-6-14-32)19-28(30-27)34-15-12-23-11-10-22(2)26(17-23)33-3/h7-11,16-20H,4-6,12-15H2,1-3H3,(H,30,31)/b29-20+. The first-order valence-corrected chi connectivity index (χ1v) is 12.0. The van der Waals surface area contributed by atoms with Gasteiger partial charge in [-0.05, 0) is 55.9 Å². The van der Waals surface area contributed by atoms with Gasteiger partial charge in [0.25, 0.3) is 0 Å². The number of anilines is 2. The Morgan fingerprint density at radius 2 is 1.88 bits per heavy atom. The number of piperidine rings is 1. The van der Waals surface area contributed by atoms with Crippen LogP contribution in [-0.4, -0.2) is 38.0 Å². The number of hydrogen-bond acceptors (Lipinski definition) is 6. The summed E-state index contributed by atoms with van der Waals surface area (Å²) in [5, 5.41) is 4.41. The minimum atomic E-state index is 0.536. The van der Waals surface area contributed by atoms with Gasteiger partial charge in [0.1, 0.15) is 5.75 Å². The summed E-state index contributed by atoms with van der Waals surface area (Å²) in [5.41, 5.74) is 8.77. The average molecular weight is 459 g/mol. The Hall–Kier alpha value is -3.54. The molecule has 1 aromatic heterocycles. The lowest BCUT2D eigenvalue weighted by Gasteiger charge is -2.29. The monoisotopic (exact) mass is 458 g/mol. The lowest BCUT2D eigenvalue weighted by Crippen LogP contribution is -2.29. The number of aromatic nitrogens is 1. The number of rotatable bonds is 9. The Morgan fingerprint density at radius 1 is 1.03 bits per heavy atom. The summed E-state index contributed by atoms with van der Waals surface area (Å²) in [6, 6.07) is 18.6. The molecule has 1 aliphatic heterocycles. The lowest BCUT2D eigenvalue weighted by molar-refractivity contribution is 0.309. The minimum Gasteiger partial charge on any atom is -0.496 e. The van der Waals surface area contributed by atoms with Crippen LogP contribution in [0, 0.1) is 13.8 Å². The predicted molar refractivity (Wildman–Crippen MR) is 140 cm³/mol. The van der Waals surface area contributed by atoms with E-state index < -0.39 is 0 Å². The number of aryl methyl sites for hydroxylation is 2. The number of hydrazone groups is 1. The highest BCUT2D eigenvalue weighted by Gasteiger charge is 2.14. The highest BCUT2D eigenvalue weighted by molar-refractivity contribution is 5.80. The Bertz CT molecular complexity index is 1120. The maximum Gasteiger partial charge on any atom is 0.217 e. The third-order valence-corrected chi connectivity index (χ3v) is 6.06. The van der Waals surface area contributed by atoms with E-state index in [0.717, 1.165) is 42.1 Å². The number of nitrogens with one attached hydrogen (secondary N) is 1. The summed E-state index contributed by atoms with van der Waals surface area (Å²) in [6.45, 7) is 6.77. The van der Waals surface area contributed by atoms with Gasteiger partial charge in [-0.25, -0.2) is 0 Å². The zero-order valence-electron chi connectivity index (χ0n) is 20.4. The molecule has 4 rings (SSSR count). The molecule has 6 heteroatoms. The molecule has 2 aromatic carbocycles. The van der Waals surface area contributed by atoms with Crippen molar-refractivity contribution in [1.29, 1.82) is 0 Å². The molecule has 1 aliphatic rings. The van der Waals surface area contributed by atoms with Crippen LogP contribution >= 0.6 is 0 Å². The van der Waals surface area contributed by atoms with Gasteiger partial charge in [-0.1, -0.05) is 42.0 Å². The van der Waals surface area contributed by atoms with Gasteiger partial charge in [-0.2, -0.15) is 10.1 Å². The molecule has 0 atom stereocenters. The normalized spacial score (nSPS) is 13.8. The zero-order valence-corrected chi connectivity index (χ0v) is 20.4.